The van der Waals surface area contributed by atoms with Crippen LogP contribution in [-0.2, 0) is 4.79 Å². The number of Topliss-reactive ketones (excluding diaryl/α,β-unsaturated/α-hetero) is 2. The predicted molar refractivity (Wildman–Crippen MR) is 69.0 cm³/mol. The molecule has 1 fully saturated rings. The van der Waals surface area contributed by atoms with Crippen LogP contribution in [0.5, 0.6) is 5.75 Å². The predicted octanol–water partition coefficient (Wildman–Crippen LogP) is 2.95. The molecule has 1 aromatic carbocycles. The molecule has 1 saturated carbocycles. The van der Waals surface area contributed by atoms with E-state index in [1.54, 1.807) is 7.11 Å². The van der Waals surface area contributed by atoms with Crippen LogP contribution in [0.4, 0.5) is 0 Å². The van der Waals surface area contributed by atoms with Crippen molar-refractivity contribution in [2.24, 2.45) is 5.92 Å². The van der Waals surface area contributed by atoms with Crippen LogP contribution >= 0.6 is 0 Å². The molecule has 0 aromatic heterocycles. The third kappa shape index (κ3) is 2.61. The summed E-state index contributed by atoms with van der Waals surface area (Å²) in [5.41, 5.74) is 1.70. The first-order valence-electron chi connectivity index (χ1n) is 6.32. The Morgan fingerprint density at radius 2 is 1.94 bits per heavy atom. The van der Waals surface area contributed by atoms with Gasteiger partial charge in [-0.1, -0.05) is 11.6 Å². The van der Waals surface area contributed by atoms with Crippen molar-refractivity contribution in [1.29, 1.82) is 0 Å². The van der Waals surface area contributed by atoms with Crippen molar-refractivity contribution >= 4 is 11.6 Å². The maximum atomic E-state index is 12.4. The van der Waals surface area contributed by atoms with Gasteiger partial charge in [0.15, 0.2) is 5.78 Å². The summed E-state index contributed by atoms with van der Waals surface area (Å²) >= 11 is 0. The average Bonchev–Trinajstić information content (AvgIpc) is 2.39. The summed E-state index contributed by atoms with van der Waals surface area (Å²) in [6, 6.07) is 5.63. The van der Waals surface area contributed by atoms with Crippen LogP contribution in [0.15, 0.2) is 18.2 Å². The van der Waals surface area contributed by atoms with Crippen molar-refractivity contribution in [3.05, 3.63) is 29.3 Å². The Morgan fingerprint density at radius 3 is 2.56 bits per heavy atom. The fourth-order valence-corrected chi connectivity index (χ4v) is 2.44. The molecular weight excluding hydrogens is 228 g/mol. The molecule has 0 amide bonds. The normalized spacial score (nSPS) is 16.7. The first-order valence-corrected chi connectivity index (χ1v) is 6.32. The molecule has 1 aliphatic rings. The van der Waals surface area contributed by atoms with E-state index in [4.69, 9.17) is 4.74 Å². The van der Waals surface area contributed by atoms with Crippen molar-refractivity contribution in [3.8, 4) is 5.75 Å². The van der Waals surface area contributed by atoms with Gasteiger partial charge in [-0.2, -0.15) is 0 Å². The summed E-state index contributed by atoms with van der Waals surface area (Å²) in [6.07, 6.45) is 2.42. The highest BCUT2D eigenvalue weighted by atomic mass is 16.5. The molecule has 1 aliphatic carbocycles. The third-order valence-electron chi connectivity index (χ3n) is 3.53. The lowest BCUT2D eigenvalue weighted by molar-refractivity contribution is -0.120. The van der Waals surface area contributed by atoms with E-state index >= 15 is 0 Å². The molecule has 96 valence electrons. The number of ketones is 2. The fraction of sp³-hybridized carbons (Fsp3) is 0.467. The van der Waals surface area contributed by atoms with Crippen LogP contribution in [0, 0.1) is 12.8 Å². The fourth-order valence-electron chi connectivity index (χ4n) is 2.44. The summed E-state index contributed by atoms with van der Waals surface area (Å²) in [7, 11) is 1.58. The van der Waals surface area contributed by atoms with Crippen LogP contribution < -0.4 is 4.74 Å². The Balaban J connectivity index is 2.22. The molecule has 0 saturated heterocycles. The highest BCUT2D eigenvalue weighted by molar-refractivity contribution is 6.01. The van der Waals surface area contributed by atoms with Gasteiger partial charge < -0.3 is 4.74 Å². The number of rotatable bonds is 3. The van der Waals surface area contributed by atoms with Crippen LogP contribution in [0.3, 0.4) is 0 Å². The number of aryl methyl sites for hydroxylation is 1. The number of ether oxygens (including phenoxy) is 1. The Kier molecular flexibility index (Phi) is 3.80. The zero-order chi connectivity index (χ0) is 13.1. The number of carbonyl (C=O) groups is 2. The minimum Gasteiger partial charge on any atom is -0.496 e. The van der Waals surface area contributed by atoms with E-state index in [1.807, 2.05) is 25.1 Å². The van der Waals surface area contributed by atoms with Gasteiger partial charge in [0.25, 0.3) is 0 Å². The van der Waals surface area contributed by atoms with Crippen molar-refractivity contribution in [2.75, 3.05) is 7.11 Å². The zero-order valence-electron chi connectivity index (χ0n) is 10.9. The largest absolute Gasteiger partial charge is 0.496 e. The van der Waals surface area contributed by atoms with Gasteiger partial charge >= 0.3 is 0 Å². The molecule has 2 rings (SSSR count). The van der Waals surface area contributed by atoms with Gasteiger partial charge in [0.1, 0.15) is 11.5 Å². The summed E-state index contributed by atoms with van der Waals surface area (Å²) < 4.78 is 5.25. The smallest absolute Gasteiger partial charge is 0.169 e. The Bertz CT molecular complexity index is 467. The summed E-state index contributed by atoms with van der Waals surface area (Å²) in [4.78, 5) is 23.7. The van der Waals surface area contributed by atoms with E-state index in [0.717, 1.165) is 5.56 Å². The van der Waals surface area contributed by atoms with Crippen molar-refractivity contribution < 1.29 is 14.3 Å². The molecule has 3 heteroatoms. The van der Waals surface area contributed by atoms with Crippen LogP contribution in [0.2, 0.25) is 0 Å². The molecule has 0 radical (unpaired) electrons. The molecule has 18 heavy (non-hydrogen) atoms. The third-order valence-corrected chi connectivity index (χ3v) is 3.53. The zero-order valence-corrected chi connectivity index (χ0v) is 10.9. The van der Waals surface area contributed by atoms with Crippen molar-refractivity contribution in [2.45, 2.75) is 32.6 Å². The van der Waals surface area contributed by atoms with E-state index in [0.29, 0.717) is 37.0 Å². The average molecular weight is 246 g/mol. The number of carbonyl (C=O) groups excluding carboxylic acids is 2. The molecule has 0 unspecified atom stereocenters. The van der Waals surface area contributed by atoms with E-state index in [2.05, 4.69) is 0 Å². The molecule has 3 nitrogen and oxygen atoms in total. The number of hydrogen-bond donors (Lipinski definition) is 0. The van der Waals surface area contributed by atoms with E-state index in [-0.39, 0.29) is 17.5 Å². The lowest BCUT2D eigenvalue weighted by Gasteiger charge is -2.20. The minimum atomic E-state index is -0.0293. The van der Waals surface area contributed by atoms with Gasteiger partial charge in [-0.05, 0) is 31.9 Å². The first-order chi connectivity index (χ1) is 8.61. The molecule has 1 aromatic rings. The van der Waals surface area contributed by atoms with Crippen LogP contribution in [0.1, 0.15) is 41.6 Å². The molecule has 0 heterocycles. The second-order valence-electron chi connectivity index (χ2n) is 4.88. The number of benzene rings is 1. The maximum absolute atomic E-state index is 12.4. The van der Waals surface area contributed by atoms with Crippen molar-refractivity contribution in [1.82, 2.24) is 0 Å². The monoisotopic (exact) mass is 246 g/mol. The standard InChI is InChI=1S/C15H18O3/c1-10-3-8-14(18-2)13(9-10)15(17)11-4-6-12(16)7-5-11/h3,8-9,11H,4-7H2,1-2H3. The molecule has 0 spiro atoms. The van der Waals surface area contributed by atoms with Crippen LogP contribution in [0.25, 0.3) is 0 Å². The lowest BCUT2D eigenvalue weighted by atomic mass is 9.83. The molecule has 0 aliphatic heterocycles. The summed E-state index contributed by atoms with van der Waals surface area (Å²) in [5.74, 6) is 0.985. The first kappa shape index (κ1) is 12.8. The molecule has 0 N–H and O–H groups in total. The van der Waals surface area contributed by atoms with Gasteiger partial charge in [-0.25, -0.2) is 0 Å². The van der Waals surface area contributed by atoms with E-state index in [1.165, 1.54) is 0 Å². The van der Waals surface area contributed by atoms with Gasteiger partial charge in [0.05, 0.1) is 12.7 Å². The second-order valence-corrected chi connectivity index (χ2v) is 4.88. The Labute approximate surface area is 107 Å². The Hall–Kier alpha value is -1.64. The lowest BCUT2D eigenvalue weighted by Crippen LogP contribution is -2.22. The van der Waals surface area contributed by atoms with Crippen molar-refractivity contribution in [3.63, 3.8) is 0 Å². The number of methoxy groups -OCH3 is 1. The Morgan fingerprint density at radius 1 is 1.28 bits per heavy atom. The molecule has 0 bridgehead atoms. The second kappa shape index (κ2) is 5.34. The summed E-state index contributed by atoms with van der Waals surface area (Å²) in [6.45, 7) is 1.96. The molecular formula is C15H18O3. The van der Waals surface area contributed by atoms with Crippen LogP contribution in [-0.4, -0.2) is 18.7 Å². The quantitative estimate of drug-likeness (QED) is 0.770. The highest BCUT2D eigenvalue weighted by Gasteiger charge is 2.27. The minimum absolute atomic E-state index is 0.0293. The highest BCUT2D eigenvalue weighted by Crippen LogP contribution is 2.29. The maximum Gasteiger partial charge on any atom is 0.169 e. The molecule has 0 atom stereocenters. The topological polar surface area (TPSA) is 43.4 Å². The number of hydrogen-bond acceptors (Lipinski definition) is 3. The van der Waals surface area contributed by atoms with Gasteiger partial charge in [-0.15, -0.1) is 0 Å². The van der Waals surface area contributed by atoms with Gasteiger partial charge in [-0.3, -0.25) is 9.59 Å². The van der Waals surface area contributed by atoms with E-state index < -0.39 is 0 Å². The SMILES string of the molecule is COc1ccc(C)cc1C(=O)C1CCC(=O)CC1. The van der Waals surface area contributed by atoms with Gasteiger partial charge in [0, 0.05) is 18.8 Å². The van der Waals surface area contributed by atoms with E-state index in [9.17, 15) is 9.59 Å². The van der Waals surface area contributed by atoms with Gasteiger partial charge in [0.2, 0.25) is 0 Å². The summed E-state index contributed by atoms with van der Waals surface area (Å²) in [5, 5.41) is 0.